The first kappa shape index (κ1) is 34.7. The quantitative estimate of drug-likeness (QED) is 0.167. The Bertz CT molecular complexity index is 3610. The average molecular weight is 791 g/mol. The lowest BCUT2D eigenvalue weighted by Gasteiger charge is -2.34. The molecule has 10 aromatic carbocycles. The van der Waals surface area contributed by atoms with E-state index < -0.39 is 5.41 Å². The molecule has 13 rings (SSSR count). The van der Waals surface area contributed by atoms with Gasteiger partial charge < -0.3 is 13.9 Å². The second kappa shape index (κ2) is 13.4. The van der Waals surface area contributed by atoms with E-state index in [-0.39, 0.29) is 0 Å². The highest BCUT2D eigenvalue weighted by molar-refractivity contribution is 6.15. The molecule has 62 heavy (non-hydrogen) atoms. The molecule has 0 saturated heterocycles. The molecule has 0 N–H and O–H groups in total. The van der Waals surface area contributed by atoms with Crippen molar-refractivity contribution in [2.75, 3.05) is 4.90 Å². The lowest BCUT2D eigenvalue weighted by Crippen LogP contribution is -2.28. The predicted octanol–water partition coefficient (Wildman–Crippen LogP) is 15.7. The number of nitrogens with zero attached hydrogens (tertiary/aromatic N) is 2. The van der Waals surface area contributed by atoms with Gasteiger partial charge in [0.05, 0.1) is 33.2 Å². The summed E-state index contributed by atoms with van der Waals surface area (Å²) in [6.45, 7) is 0. The van der Waals surface area contributed by atoms with Gasteiger partial charge in [-0.2, -0.15) is 0 Å². The minimum atomic E-state index is -0.474. The van der Waals surface area contributed by atoms with E-state index in [0.29, 0.717) is 0 Å². The van der Waals surface area contributed by atoms with E-state index in [2.05, 4.69) is 240 Å². The van der Waals surface area contributed by atoms with E-state index in [0.717, 1.165) is 44.7 Å². The smallest absolute Gasteiger partial charge is 0.137 e. The van der Waals surface area contributed by atoms with Gasteiger partial charge in [0.15, 0.2) is 0 Å². The molecule has 0 amide bonds. The molecule has 1 aliphatic rings. The Morgan fingerprint density at radius 2 is 0.968 bits per heavy atom. The number of fused-ring (bicyclic) bond motifs is 10. The second-order valence-electron chi connectivity index (χ2n) is 16.4. The maximum absolute atomic E-state index is 6.87. The molecule has 2 aromatic heterocycles. The van der Waals surface area contributed by atoms with Crippen LogP contribution in [-0.4, -0.2) is 4.57 Å². The Morgan fingerprint density at radius 3 is 1.73 bits per heavy atom. The van der Waals surface area contributed by atoms with Crippen molar-refractivity contribution < 1.29 is 4.42 Å². The topological polar surface area (TPSA) is 21.3 Å². The molecule has 0 unspecified atom stereocenters. The van der Waals surface area contributed by atoms with Crippen LogP contribution in [0.15, 0.2) is 235 Å². The maximum atomic E-state index is 6.87. The minimum absolute atomic E-state index is 0.474. The zero-order valence-corrected chi connectivity index (χ0v) is 33.7. The Labute approximate surface area is 359 Å². The fourth-order valence-corrected chi connectivity index (χ4v) is 10.7. The fourth-order valence-electron chi connectivity index (χ4n) is 10.7. The van der Waals surface area contributed by atoms with Gasteiger partial charge in [0.25, 0.3) is 0 Å². The Hall–Kier alpha value is -8.14. The molecular weight excluding hydrogens is 753 g/mol. The number of hydrogen-bond donors (Lipinski definition) is 0. The monoisotopic (exact) mass is 790 g/mol. The van der Waals surface area contributed by atoms with Gasteiger partial charge in [-0.25, -0.2) is 0 Å². The summed E-state index contributed by atoms with van der Waals surface area (Å²) in [4.78, 5) is 2.41. The third-order valence-electron chi connectivity index (χ3n) is 13.2. The molecule has 0 fully saturated rings. The molecule has 2 heterocycles. The first-order chi connectivity index (χ1) is 30.8. The van der Waals surface area contributed by atoms with Crippen molar-refractivity contribution in [1.82, 2.24) is 4.57 Å². The molecule has 3 nitrogen and oxygen atoms in total. The highest BCUT2D eigenvalue weighted by atomic mass is 16.3. The standard InChI is InChI=1S/C59H38N2O/c1-3-19-40(20-4-1)59(41-21-5-2-6-22-41)50-27-12-9-24-45(50)49-37-42(34-36-51(49)59)60(52-30-15-18-39-17-7-8-23-44(39)52)43-33-35-48-57(38-43)62-56-32-16-31-55(58(48)56)61-53-28-13-10-25-46(53)47-26-11-14-29-54(47)61/h1-38H. The van der Waals surface area contributed by atoms with Crippen molar-refractivity contribution in [3.05, 3.63) is 253 Å². The van der Waals surface area contributed by atoms with Gasteiger partial charge >= 0.3 is 0 Å². The predicted molar refractivity (Wildman–Crippen MR) is 258 cm³/mol. The van der Waals surface area contributed by atoms with Crippen LogP contribution in [0.5, 0.6) is 0 Å². The molecule has 0 spiro atoms. The normalized spacial score (nSPS) is 13.0. The summed E-state index contributed by atoms with van der Waals surface area (Å²) in [7, 11) is 0. The van der Waals surface area contributed by atoms with Crippen molar-refractivity contribution in [2.24, 2.45) is 0 Å². The largest absolute Gasteiger partial charge is 0.456 e. The summed E-state index contributed by atoms with van der Waals surface area (Å²) in [6.07, 6.45) is 0. The third kappa shape index (κ3) is 4.88. The Morgan fingerprint density at radius 1 is 0.387 bits per heavy atom. The summed E-state index contributed by atoms with van der Waals surface area (Å²) < 4.78 is 9.27. The van der Waals surface area contributed by atoms with Gasteiger partial charge in [-0.15, -0.1) is 0 Å². The lowest BCUT2D eigenvalue weighted by atomic mass is 9.68. The maximum Gasteiger partial charge on any atom is 0.137 e. The van der Waals surface area contributed by atoms with Crippen LogP contribution < -0.4 is 4.90 Å². The van der Waals surface area contributed by atoms with Crippen LogP contribution in [0.2, 0.25) is 0 Å². The van der Waals surface area contributed by atoms with Crippen LogP contribution in [0.1, 0.15) is 22.3 Å². The van der Waals surface area contributed by atoms with Crippen LogP contribution in [0.3, 0.4) is 0 Å². The number of para-hydroxylation sites is 2. The minimum Gasteiger partial charge on any atom is -0.456 e. The Balaban J connectivity index is 1.05. The number of aromatic nitrogens is 1. The first-order valence-electron chi connectivity index (χ1n) is 21.3. The van der Waals surface area contributed by atoms with E-state index in [4.69, 9.17) is 4.42 Å². The molecule has 0 aliphatic heterocycles. The van der Waals surface area contributed by atoms with Crippen LogP contribution in [0, 0.1) is 0 Å². The molecular formula is C59H38N2O. The van der Waals surface area contributed by atoms with Gasteiger partial charge in [0.2, 0.25) is 0 Å². The zero-order valence-electron chi connectivity index (χ0n) is 33.7. The third-order valence-corrected chi connectivity index (χ3v) is 13.2. The van der Waals surface area contributed by atoms with E-state index in [1.165, 1.54) is 66.0 Å². The number of rotatable bonds is 6. The van der Waals surface area contributed by atoms with Gasteiger partial charge in [0.1, 0.15) is 11.2 Å². The zero-order chi connectivity index (χ0) is 40.8. The number of benzene rings is 10. The van der Waals surface area contributed by atoms with E-state index in [1.54, 1.807) is 0 Å². The second-order valence-corrected chi connectivity index (χ2v) is 16.4. The molecule has 0 atom stereocenters. The van der Waals surface area contributed by atoms with Crippen LogP contribution in [0.25, 0.3) is 71.3 Å². The van der Waals surface area contributed by atoms with Gasteiger partial charge in [-0.05, 0) is 93.4 Å². The summed E-state index contributed by atoms with van der Waals surface area (Å²) in [6, 6.07) is 83.9. The fraction of sp³-hybridized carbons (Fsp3) is 0.0169. The van der Waals surface area contributed by atoms with Crippen LogP contribution in [-0.2, 0) is 5.41 Å². The molecule has 3 heteroatoms. The van der Waals surface area contributed by atoms with Gasteiger partial charge in [0, 0.05) is 39.0 Å². The Kier molecular flexibility index (Phi) is 7.52. The van der Waals surface area contributed by atoms with Crippen LogP contribution >= 0.6 is 0 Å². The first-order valence-corrected chi connectivity index (χ1v) is 21.3. The van der Waals surface area contributed by atoms with Crippen LogP contribution in [0.4, 0.5) is 17.1 Å². The highest BCUT2D eigenvalue weighted by Gasteiger charge is 2.46. The molecule has 0 radical (unpaired) electrons. The number of anilines is 3. The average Bonchev–Trinajstić information content (AvgIpc) is 3.98. The summed E-state index contributed by atoms with van der Waals surface area (Å²) in [5, 5.41) is 7.03. The van der Waals surface area contributed by atoms with Crippen molar-refractivity contribution in [2.45, 2.75) is 5.41 Å². The molecule has 0 bridgehead atoms. The van der Waals surface area contributed by atoms with E-state index in [1.807, 2.05) is 0 Å². The van der Waals surface area contributed by atoms with Crippen molar-refractivity contribution in [3.63, 3.8) is 0 Å². The molecule has 0 saturated carbocycles. The summed E-state index contributed by atoms with van der Waals surface area (Å²) >= 11 is 0. The van der Waals surface area contributed by atoms with Crippen molar-refractivity contribution >= 4 is 71.6 Å². The number of hydrogen-bond acceptors (Lipinski definition) is 2. The molecule has 12 aromatic rings. The highest BCUT2D eigenvalue weighted by Crippen LogP contribution is 2.57. The summed E-state index contributed by atoms with van der Waals surface area (Å²) in [5.41, 5.74) is 15.5. The SMILES string of the molecule is c1ccc(C2(c3ccccc3)c3ccccc3-c3cc(N(c4ccc5c(c4)oc4cccc(-n6c7ccccc7c7ccccc76)c45)c4cccc5ccccc45)ccc32)cc1. The van der Waals surface area contributed by atoms with E-state index >= 15 is 0 Å². The number of furan rings is 1. The van der Waals surface area contributed by atoms with Crippen molar-refractivity contribution in [3.8, 4) is 16.8 Å². The van der Waals surface area contributed by atoms with E-state index in [9.17, 15) is 0 Å². The van der Waals surface area contributed by atoms with Gasteiger partial charge in [-0.1, -0.05) is 170 Å². The lowest BCUT2D eigenvalue weighted by molar-refractivity contribution is 0.669. The molecule has 1 aliphatic carbocycles. The van der Waals surface area contributed by atoms with Crippen molar-refractivity contribution in [1.29, 1.82) is 0 Å². The van der Waals surface area contributed by atoms with Gasteiger partial charge in [-0.3, -0.25) is 0 Å². The summed E-state index contributed by atoms with van der Waals surface area (Å²) in [5.74, 6) is 0. The molecule has 290 valence electrons.